The molecule has 0 aromatic rings. The van der Waals surface area contributed by atoms with Crippen molar-refractivity contribution in [2.75, 3.05) is 25.4 Å². The first-order valence-electron chi connectivity index (χ1n) is 7.61. The molecule has 0 amide bonds. The van der Waals surface area contributed by atoms with Crippen LogP contribution in [0.15, 0.2) is 12.7 Å². The molecule has 1 saturated heterocycles. The van der Waals surface area contributed by atoms with Crippen molar-refractivity contribution in [3.05, 3.63) is 12.7 Å². The van der Waals surface area contributed by atoms with Gasteiger partial charge in [0.25, 0.3) is 0 Å². The van der Waals surface area contributed by atoms with Crippen molar-refractivity contribution in [2.45, 2.75) is 50.2 Å². The molecule has 1 heterocycles. The number of hydrogen-bond acceptors (Lipinski definition) is 5. The zero-order valence-corrected chi connectivity index (χ0v) is 13.9. The molecular formula is C15H27NO2S2. The van der Waals surface area contributed by atoms with Crippen LogP contribution in [-0.4, -0.2) is 36.7 Å². The van der Waals surface area contributed by atoms with E-state index in [1.54, 1.807) is 0 Å². The minimum absolute atomic E-state index is 0.330. The Morgan fingerprint density at radius 3 is 2.80 bits per heavy atom. The summed E-state index contributed by atoms with van der Waals surface area (Å²) in [4.78, 5) is 10.8. The van der Waals surface area contributed by atoms with E-state index in [-0.39, 0.29) is 5.97 Å². The molecule has 5 heteroatoms. The number of esters is 1. The summed E-state index contributed by atoms with van der Waals surface area (Å²) in [6.45, 7) is 5.83. The molecule has 0 saturated carbocycles. The average Bonchev–Trinajstić information content (AvgIpc) is 2.97. The van der Waals surface area contributed by atoms with Crippen molar-refractivity contribution < 1.29 is 9.53 Å². The number of ether oxygens (including phenoxy) is 1. The Labute approximate surface area is 131 Å². The van der Waals surface area contributed by atoms with Crippen molar-refractivity contribution >= 4 is 27.6 Å². The second-order valence-corrected chi connectivity index (χ2v) is 7.79. The van der Waals surface area contributed by atoms with Crippen LogP contribution in [0, 0.1) is 0 Å². The first-order chi connectivity index (χ1) is 9.83. The van der Waals surface area contributed by atoms with Crippen molar-refractivity contribution in [1.29, 1.82) is 0 Å². The van der Waals surface area contributed by atoms with Crippen molar-refractivity contribution in [1.82, 2.24) is 5.32 Å². The van der Waals surface area contributed by atoms with Gasteiger partial charge in [-0.05, 0) is 38.8 Å². The highest BCUT2D eigenvalue weighted by atomic mass is 33.1. The third-order valence-electron chi connectivity index (χ3n) is 3.27. The molecule has 0 bridgehead atoms. The van der Waals surface area contributed by atoms with Crippen LogP contribution >= 0.6 is 21.6 Å². The van der Waals surface area contributed by atoms with Crippen LogP contribution in [0.25, 0.3) is 0 Å². The Kier molecular flexibility index (Phi) is 11.3. The lowest BCUT2D eigenvalue weighted by Crippen LogP contribution is -2.18. The van der Waals surface area contributed by atoms with Gasteiger partial charge in [0.2, 0.25) is 0 Å². The molecule has 1 N–H and O–H groups in total. The first-order valence-corrected chi connectivity index (χ1v) is 9.99. The van der Waals surface area contributed by atoms with E-state index in [0.717, 1.165) is 24.8 Å². The fourth-order valence-electron chi connectivity index (χ4n) is 2.09. The summed E-state index contributed by atoms with van der Waals surface area (Å²) in [5.74, 6) is 1.02. The van der Waals surface area contributed by atoms with Crippen LogP contribution in [0.3, 0.4) is 0 Å². The van der Waals surface area contributed by atoms with Crippen molar-refractivity contribution in [3.63, 3.8) is 0 Å². The number of carbonyl (C=O) groups is 1. The van der Waals surface area contributed by atoms with Gasteiger partial charge in [0.15, 0.2) is 0 Å². The summed E-state index contributed by atoms with van der Waals surface area (Å²) >= 11 is 0. The van der Waals surface area contributed by atoms with E-state index in [2.05, 4.69) is 22.7 Å². The maximum Gasteiger partial charge on any atom is 0.330 e. The van der Waals surface area contributed by atoms with E-state index in [0.29, 0.717) is 6.61 Å². The van der Waals surface area contributed by atoms with Gasteiger partial charge in [-0.1, -0.05) is 47.4 Å². The second-order valence-electron chi connectivity index (χ2n) is 5.01. The van der Waals surface area contributed by atoms with Crippen molar-refractivity contribution in [3.8, 4) is 0 Å². The van der Waals surface area contributed by atoms with Gasteiger partial charge in [-0.25, -0.2) is 4.79 Å². The van der Waals surface area contributed by atoms with Gasteiger partial charge in [-0.3, -0.25) is 0 Å². The van der Waals surface area contributed by atoms with Gasteiger partial charge < -0.3 is 10.1 Å². The lowest BCUT2D eigenvalue weighted by molar-refractivity contribution is -0.137. The number of carbonyl (C=O) groups excluding carboxylic acids is 1. The zero-order valence-electron chi connectivity index (χ0n) is 12.3. The Morgan fingerprint density at radius 2 is 2.05 bits per heavy atom. The highest BCUT2D eigenvalue weighted by molar-refractivity contribution is 8.77. The molecule has 1 rings (SSSR count). The van der Waals surface area contributed by atoms with Gasteiger partial charge in [-0.15, -0.1) is 0 Å². The summed E-state index contributed by atoms with van der Waals surface area (Å²) < 4.78 is 4.90. The van der Waals surface area contributed by atoms with Crippen LogP contribution < -0.4 is 5.32 Å². The molecule has 0 spiro atoms. The van der Waals surface area contributed by atoms with Crippen LogP contribution in [-0.2, 0) is 9.53 Å². The Bertz CT molecular complexity index is 269. The van der Waals surface area contributed by atoms with Crippen LogP contribution in [0.1, 0.15) is 44.9 Å². The fraction of sp³-hybridized carbons (Fsp3) is 0.800. The van der Waals surface area contributed by atoms with Crippen LogP contribution in [0.2, 0.25) is 0 Å². The summed E-state index contributed by atoms with van der Waals surface area (Å²) in [6, 6.07) is 0. The van der Waals surface area contributed by atoms with Crippen molar-refractivity contribution in [2.24, 2.45) is 0 Å². The molecule has 0 radical (unpaired) electrons. The van der Waals surface area contributed by atoms with E-state index in [1.165, 1.54) is 50.4 Å². The minimum Gasteiger partial charge on any atom is -0.462 e. The quantitative estimate of drug-likeness (QED) is 0.256. The smallest absolute Gasteiger partial charge is 0.330 e. The highest BCUT2D eigenvalue weighted by Crippen LogP contribution is 2.39. The minimum atomic E-state index is -0.330. The topological polar surface area (TPSA) is 38.3 Å². The lowest BCUT2D eigenvalue weighted by atomic mass is 10.1. The molecule has 1 unspecified atom stereocenters. The third kappa shape index (κ3) is 9.72. The summed E-state index contributed by atoms with van der Waals surface area (Å²) in [5, 5.41) is 4.31. The fourth-order valence-corrected chi connectivity index (χ4v) is 5.12. The summed E-state index contributed by atoms with van der Waals surface area (Å²) in [7, 11) is 4.12. The first kappa shape index (κ1) is 17.9. The Hall–Kier alpha value is -0.130. The molecule has 0 aliphatic carbocycles. The average molecular weight is 318 g/mol. The van der Waals surface area contributed by atoms with E-state index in [4.69, 9.17) is 4.74 Å². The zero-order chi connectivity index (χ0) is 14.5. The van der Waals surface area contributed by atoms with E-state index < -0.39 is 0 Å². The van der Waals surface area contributed by atoms with E-state index in [9.17, 15) is 4.79 Å². The SMILES string of the molecule is C=CC(=O)OCCCNCCCCCCC1CCSS1. The molecule has 0 aromatic carbocycles. The summed E-state index contributed by atoms with van der Waals surface area (Å²) in [5.41, 5.74) is 0. The molecule has 1 aliphatic heterocycles. The lowest BCUT2D eigenvalue weighted by Gasteiger charge is -2.07. The van der Waals surface area contributed by atoms with Gasteiger partial charge in [0.05, 0.1) is 6.61 Å². The monoisotopic (exact) mass is 317 g/mol. The molecule has 1 aliphatic rings. The second kappa shape index (κ2) is 12.6. The Balaban J connectivity index is 1.72. The predicted molar refractivity (Wildman–Crippen MR) is 90.2 cm³/mol. The molecule has 20 heavy (non-hydrogen) atoms. The van der Waals surface area contributed by atoms with E-state index in [1.807, 2.05) is 10.8 Å². The number of hydrogen-bond donors (Lipinski definition) is 1. The maximum absolute atomic E-state index is 10.8. The normalized spacial score (nSPS) is 18.1. The van der Waals surface area contributed by atoms with Gasteiger partial charge >= 0.3 is 5.97 Å². The van der Waals surface area contributed by atoms with Crippen LogP contribution in [0.5, 0.6) is 0 Å². The molecule has 1 fully saturated rings. The number of unbranched alkanes of at least 4 members (excludes halogenated alkanes) is 3. The molecule has 0 aromatic heterocycles. The van der Waals surface area contributed by atoms with Gasteiger partial charge in [-0.2, -0.15) is 0 Å². The number of rotatable bonds is 12. The molecule has 3 nitrogen and oxygen atoms in total. The predicted octanol–water partition coefficient (Wildman–Crippen LogP) is 3.80. The maximum atomic E-state index is 10.8. The van der Waals surface area contributed by atoms with E-state index >= 15 is 0 Å². The van der Waals surface area contributed by atoms with Gasteiger partial charge in [0, 0.05) is 17.1 Å². The molecule has 1 atom stereocenters. The molecular weight excluding hydrogens is 290 g/mol. The number of nitrogens with one attached hydrogen (secondary N) is 1. The van der Waals surface area contributed by atoms with Crippen LogP contribution in [0.4, 0.5) is 0 Å². The highest BCUT2D eigenvalue weighted by Gasteiger charge is 2.15. The largest absolute Gasteiger partial charge is 0.462 e. The Morgan fingerprint density at radius 1 is 1.25 bits per heavy atom. The summed E-state index contributed by atoms with van der Waals surface area (Å²) in [6.07, 6.45) is 10.2. The standard InChI is InChI=1S/C15H27NO2S2/c1-2-15(17)18-12-7-11-16-10-6-4-3-5-8-14-9-13-19-20-14/h2,14,16H,1,3-13H2. The molecule has 116 valence electrons. The van der Waals surface area contributed by atoms with Gasteiger partial charge in [0.1, 0.15) is 0 Å². The third-order valence-corrected chi connectivity index (χ3v) is 6.27.